The highest BCUT2D eigenvalue weighted by atomic mass is 16.5. The van der Waals surface area contributed by atoms with Crippen molar-refractivity contribution < 1.29 is 9.84 Å². The Balaban J connectivity index is 2.44. The van der Waals surface area contributed by atoms with E-state index in [0.29, 0.717) is 6.61 Å². The third-order valence-corrected chi connectivity index (χ3v) is 3.13. The first kappa shape index (κ1) is 13.9. The van der Waals surface area contributed by atoms with Crippen LogP contribution < -0.4 is 0 Å². The fourth-order valence-corrected chi connectivity index (χ4v) is 1.60. The van der Waals surface area contributed by atoms with Gasteiger partial charge in [0.2, 0.25) is 0 Å². The van der Waals surface area contributed by atoms with Gasteiger partial charge in [-0.3, -0.25) is 0 Å². The Morgan fingerprint density at radius 2 is 1.88 bits per heavy atom. The number of rotatable bonds is 6. The number of hydrogen-bond acceptors (Lipinski definition) is 2. The molecule has 0 amide bonds. The molecule has 0 aliphatic rings. The standard InChI is InChI=1S/C15H22O2/c1-11(2)12(3)15(16)13(4)17-10-14-8-6-5-7-9-14/h5-9,12-13,15-16H,1,10H2,2-4H3/t12-,13+,15+/m1/s1. The molecule has 0 fully saturated rings. The van der Waals surface area contributed by atoms with Gasteiger partial charge in [0.15, 0.2) is 0 Å². The second kappa shape index (κ2) is 6.58. The minimum absolute atomic E-state index is 0.0563. The lowest BCUT2D eigenvalue weighted by molar-refractivity contribution is -0.0504. The van der Waals surface area contributed by atoms with E-state index in [0.717, 1.165) is 11.1 Å². The second-order valence-electron chi connectivity index (χ2n) is 4.63. The number of hydrogen-bond donors (Lipinski definition) is 1. The highest BCUT2D eigenvalue weighted by Gasteiger charge is 2.22. The van der Waals surface area contributed by atoms with Gasteiger partial charge in [-0.25, -0.2) is 0 Å². The average molecular weight is 234 g/mol. The van der Waals surface area contributed by atoms with E-state index in [1.807, 2.05) is 51.1 Å². The first-order chi connectivity index (χ1) is 8.02. The van der Waals surface area contributed by atoms with Gasteiger partial charge in [0.1, 0.15) is 0 Å². The monoisotopic (exact) mass is 234 g/mol. The maximum atomic E-state index is 10.0. The summed E-state index contributed by atoms with van der Waals surface area (Å²) >= 11 is 0. The van der Waals surface area contributed by atoms with Crippen molar-refractivity contribution in [2.75, 3.05) is 0 Å². The molecular formula is C15H22O2. The second-order valence-corrected chi connectivity index (χ2v) is 4.63. The lowest BCUT2D eigenvalue weighted by atomic mass is 9.94. The van der Waals surface area contributed by atoms with Crippen LogP contribution in [0.4, 0.5) is 0 Å². The summed E-state index contributed by atoms with van der Waals surface area (Å²) in [4.78, 5) is 0. The van der Waals surface area contributed by atoms with Crippen LogP contribution in [-0.4, -0.2) is 17.3 Å². The summed E-state index contributed by atoms with van der Waals surface area (Å²) in [7, 11) is 0. The molecule has 3 atom stereocenters. The van der Waals surface area contributed by atoms with Crippen LogP contribution in [0, 0.1) is 5.92 Å². The van der Waals surface area contributed by atoms with Crippen molar-refractivity contribution in [1.82, 2.24) is 0 Å². The van der Waals surface area contributed by atoms with Crippen LogP contribution in [0.15, 0.2) is 42.5 Å². The van der Waals surface area contributed by atoms with Crippen LogP contribution in [0.3, 0.4) is 0 Å². The molecule has 0 aliphatic carbocycles. The van der Waals surface area contributed by atoms with Gasteiger partial charge in [0.05, 0.1) is 18.8 Å². The summed E-state index contributed by atoms with van der Waals surface area (Å²) in [5.74, 6) is 0.0563. The number of aliphatic hydroxyl groups excluding tert-OH is 1. The highest BCUT2D eigenvalue weighted by Crippen LogP contribution is 2.17. The Morgan fingerprint density at radius 1 is 1.29 bits per heavy atom. The smallest absolute Gasteiger partial charge is 0.0861 e. The Kier molecular flexibility index (Phi) is 5.39. The van der Waals surface area contributed by atoms with Crippen LogP contribution in [0.1, 0.15) is 26.3 Å². The van der Waals surface area contributed by atoms with Crippen molar-refractivity contribution in [3.8, 4) is 0 Å². The normalized spacial score (nSPS) is 16.2. The lowest BCUT2D eigenvalue weighted by Crippen LogP contribution is -2.32. The molecule has 1 N–H and O–H groups in total. The molecule has 2 heteroatoms. The first-order valence-corrected chi connectivity index (χ1v) is 6.01. The molecule has 1 aromatic rings. The maximum absolute atomic E-state index is 10.0. The lowest BCUT2D eigenvalue weighted by Gasteiger charge is -2.25. The molecular weight excluding hydrogens is 212 g/mol. The Labute approximate surface area is 104 Å². The maximum Gasteiger partial charge on any atom is 0.0861 e. The zero-order valence-electron chi connectivity index (χ0n) is 10.9. The molecule has 0 spiro atoms. The minimum Gasteiger partial charge on any atom is -0.390 e. The van der Waals surface area contributed by atoms with E-state index in [1.165, 1.54) is 0 Å². The molecule has 94 valence electrons. The summed E-state index contributed by atoms with van der Waals surface area (Å²) < 4.78 is 5.67. The predicted octanol–water partition coefficient (Wildman–Crippen LogP) is 3.16. The third-order valence-electron chi connectivity index (χ3n) is 3.13. The van der Waals surface area contributed by atoms with Crippen molar-refractivity contribution in [3.05, 3.63) is 48.0 Å². The van der Waals surface area contributed by atoms with Crippen molar-refractivity contribution >= 4 is 0 Å². The highest BCUT2D eigenvalue weighted by molar-refractivity contribution is 5.13. The number of benzene rings is 1. The molecule has 1 rings (SSSR count). The largest absolute Gasteiger partial charge is 0.390 e. The van der Waals surface area contributed by atoms with Gasteiger partial charge in [0.25, 0.3) is 0 Å². The van der Waals surface area contributed by atoms with Crippen molar-refractivity contribution in [3.63, 3.8) is 0 Å². The van der Waals surface area contributed by atoms with E-state index in [1.54, 1.807) is 0 Å². The molecule has 1 aromatic carbocycles. The molecule has 0 saturated carbocycles. The zero-order chi connectivity index (χ0) is 12.8. The van der Waals surface area contributed by atoms with E-state index in [2.05, 4.69) is 6.58 Å². The van der Waals surface area contributed by atoms with Crippen LogP contribution >= 0.6 is 0 Å². The van der Waals surface area contributed by atoms with Gasteiger partial charge < -0.3 is 9.84 Å². The molecule has 2 nitrogen and oxygen atoms in total. The molecule has 0 bridgehead atoms. The van der Waals surface area contributed by atoms with Crippen LogP contribution in [0.25, 0.3) is 0 Å². The van der Waals surface area contributed by atoms with Crippen LogP contribution in [0.5, 0.6) is 0 Å². The molecule has 0 unspecified atom stereocenters. The predicted molar refractivity (Wildman–Crippen MR) is 70.7 cm³/mol. The van der Waals surface area contributed by atoms with E-state index < -0.39 is 6.10 Å². The first-order valence-electron chi connectivity index (χ1n) is 6.01. The Morgan fingerprint density at radius 3 is 2.41 bits per heavy atom. The van der Waals surface area contributed by atoms with Crippen molar-refractivity contribution in [2.24, 2.45) is 5.92 Å². The van der Waals surface area contributed by atoms with Gasteiger partial charge in [-0.15, -0.1) is 0 Å². The summed E-state index contributed by atoms with van der Waals surface area (Å²) in [5.41, 5.74) is 2.10. The number of aliphatic hydroxyl groups is 1. The molecule has 0 heterocycles. The molecule has 0 saturated heterocycles. The third kappa shape index (κ3) is 4.33. The summed E-state index contributed by atoms with van der Waals surface area (Å²) in [6.45, 7) is 10.2. The summed E-state index contributed by atoms with van der Waals surface area (Å²) in [6.07, 6.45) is -0.696. The van der Waals surface area contributed by atoms with E-state index in [9.17, 15) is 5.11 Å². The molecule has 0 radical (unpaired) electrons. The van der Waals surface area contributed by atoms with Gasteiger partial charge in [-0.05, 0) is 19.4 Å². The molecule has 17 heavy (non-hydrogen) atoms. The fraction of sp³-hybridized carbons (Fsp3) is 0.467. The number of ether oxygens (including phenoxy) is 1. The molecule has 0 aliphatic heterocycles. The Bertz CT molecular complexity index is 345. The SMILES string of the molecule is C=C(C)[C@@H](C)[C@H](O)[C@H](C)OCc1ccccc1. The zero-order valence-corrected chi connectivity index (χ0v) is 10.9. The van der Waals surface area contributed by atoms with Gasteiger partial charge in [-0.1, -0.05) is 49.4 Å². The summed E-state index contributed by atoms with van der Waals surface area (Å²) in [6, 6.07) is 9.97. The topological polar surface area (TPSA) is 29.5 Å². The van der Waals surface area contributed by atoms with E-state index >= 15 is 0 Å². The van der Waals surface area contributed by atoms with Crippen LogP contribution in [0.2, 0.25) is 0 Å². The van der Waals surface area contributed by atoms with Gasteiger partial charge >= 0.3 is 0 Å². The fourth-order valence-electron chi connectivity index (χ4n) is 1.60. The quantitative estimate of drug-likeness (QED) is 0.766. The van der Waals surface area contributed by atoms with Crippen molar-refractivity contribution in [2.45, 2.75) is 39.6 Å². The van der Waals surface area contributed by atoms with Gasteiger partial charge in [-0.2, -0.15) is 0 Å². The molecule has 0 aromatic heterocycles. The van der Waals surface area contributed by atoms with E-state index in [-0.39, 0.29) is 12.0 Å². The van der Waals surface area contributed by atoms with Crippen LogP contribution in [-0.2, 0) is 11.3 Å². The minimum atomic E-state index is -0.504. The average Bonchev–Trinajstić information content (AvgIpc) is 2.35. The Hall–Kier alpha value is -1.12. The van der Waals surface area contributed by atoms with Gasteiger partial charge in [0, 0.05) is 5.92 Å². The van der Waals surface area contributed by atoms with Crippen molar-refractivity contribution in [1.29, 1.82) is 0 Å². The summed E-state index contributed by atoms with van der Waals surface area (Å²) in [5, 5.41) is 10.0. The van der Waals surface area contributed by atoms with E-state index in [4.69, 9.17) is 4.74 Å².